The number of ether oxygens (including phenoxy) is 2. The molecule has 1 atom stereocenters. The number of halogens is 3. The van der Waals surface area contributed by atoms with Crippen LogP contribution in [0.1, 0.15) is 24.1 Å². The van der Waals surface area contributed by atoms with Crippen molar-refractivity contribution < 1.29 is 37.3 Å². The normalized spacial score (nSPS) is 18.2. The average Bonchev–Trinajstić information content (AvgIpc) is 3.39. The van der Waals surface area contributed by atoms with Crippen LogP contribution in [-0.2, 0) is 27.2 Å². The van der Waals surface area contributed by atoms with Crippen LogP contribution in [0.4, 0.5) is 13.2 Å². The molecule has 174 valence electrons. The number of hydrogen-bond acceptors (Lipinski definition) is 5. The van der Waals surface area contributed by atoms with Gasteiger partial charge in [0.05, 0.1) is 12.8 Å². The molecule has 11 heteroatoms. The van der Waals surface area contributed by atoms with E-state index in [0.29, 0.717) is 19.7 Å². The first kappa shape index (κ1) is 23.6. The molecule has 1 fully saturated rings. The van der Waals surface area contributed by atoms with Gasteiger partial charge in [-0.05, 0) is 31.4 Å². The molecular weight excluding hydrogens is 431 g/mol. The first-order valence-corrected chi connectivity index (χ1v) is 10.1. The Morgan fingerprint density at radius 3 is 2.56 bits per heavy atom. The Hall–Kier alpha value is -3.08. The van der Waals surface area contributed by atoms with Crippen LogP contribution in [0.15, 0.2) is 24.3 Å². The maximum absolute atomic E-state index is 12.6. The zero-order chi connectivity index (χ0) is 23.3. The number of alkyl halides is 3. The van der Waals surface area contributed by atoms with Gasteiger partial charge in [0, 0.05) is 42.9 Å². The number of rotatable bonds is 3. The van der Waals surface area contributed by atoms with Crippen LogP contribution < -0.4 is 4.74 Å². The summed E-state index contributed by atoms with van der Waals surface area (Å²) in [6.07, 6.45) is -1.93. The lowest BCUT2D eigenvalue weighted by molar-refractivity contribution is -0.192. The van der Waals surface area contributed by atoms with Crippen LogP contribution in [0, 0.1) is 0 Å². The highest BCUT2D eigenvalue weighted by atomic mass is 19.4. The summed E-state index contributed by atoms with van der Waals surface area (Å²) in [5.41, 5.74) is 4.22. The molecule has 8 nitrogen and oxygen atoms in total. The Bertz CT molecular complexity index is 954. The number of aliphatic carboxylic acids is 1. The van der Waals surface area contributed by atoms with E-state index < -0.39 is 12.1 Å². The van der Waals surface area contributed by atoms with E-state index in [1.807, 2.05) is 29.2 Å². The molecule has 0 aliphatic carbocycles. The molecular formula is C21H24F3N3O5. The molecule has 2 aliphatic heterocycles. The number of nitrogens with zero attached hydrogens (tertiary/aromatic N) is 2. The first-order valence-electron chi connectivity index (χ1n) is 10.1. The summed E-state index contributed by atoms with van der Waals surface area (Å²) in [6.45, 7) is 2.11. The third kappa shape index (κ3) is 5.39. The SMILES string of the molecule is COc1ccccc1-c1n[nH]c2c1CCN(C(=O)[C@H]1CCCO1)CC2.O=C(O)C(F)(F)F. The number of benzene rings is 1. The van der Waals surface area contributed by atoms with Crippen molar-refractivity contribution in [2.24, 2.45) is 0 Å². The summed E-state index contributed by atoms with van der Waals surface area (Å²) in [5.74, 6) is -1.81. The number of amides is 1. The summed E-state index contributed by atoms with van der Waals surface area (Å²) in [4.78, 5) is 23.5. The fourth-order valence-electron chi connectivity index (χ4n) is 3.74. The quantitative estimate of drug-likeness (QED) is 0.738. The average molecular weight is 455 g/mol. The van der Waals surface area contributed by atoms with E-state index in [0.717, 1.165) is 48.4 Å². The molecule has 0 spiro atoms. The minimum Gasteiger partial charge on any atom is -0.496 e. The lowest BCUT2D eigenvalue weighted by atomic mass is 10.0. The highest BCUT2D eigenvalue weighted by Crippen LogP contribution is 2.33. The molecule has 3 heterocycles. The number of hydrogen-bond donors (Lipinski definition) is 2. The molecule has 2 N–H and O–H groups in total. The topological polar surface area (TPSA) is 105 Å². The molecule has 2 aromatic rings. The first-order chi connectivity index (χ1) is 15.2. The fourth-order valence-corrected chi connectivity index (χ4v) is 3.74. The Morgan fingerprint density at radius 2 is 1.94 bits per heavy atom. The number of carboxylic acid groups (broad SMARTS) is 1. The van der Waals surface area contributed by atoms with Crippen molar-refractivity contribution in [3.8, 4) is 17.0 Å². The highest BCUT2D eigenvalue weighted by molar-refractivity contribution is 5.81. The van der Waals surface area contributed by atoms with Crippen LogP contribution >= 0.6 is 0 Å². The smallest absolute Gasteiger partial charge is 0.490 e. The van der Waals surface area contributed by atoms with E-state index in [-0.39, 0.29) is 12.0 Å². The van der Waals surface area contributed by atoms with Crippen molar-refractivity contribution in [2.45, 2.75) is 38.0 Å². The third-order valence-electron chi connectivity index (χ3n) is 5.34. The second-order valence-corrected chi connectivity index (χ2v) is 7.36. The van der Waals surface area contributed by atoms with Gasteiger partial charge in [0.15, 0.2) is 0 Å². The van der Waals surface area contributed by atoms with Crippen molar-refractivity contribution in [1.82, 2.24) is 15.1 Å². The molecule has 1 amide bonds. The lowest BCUT2D eigenvalue weighted by Gasteiger charge is -2.23. The number of H-pyrrole nitrogens is 1. The summed E-state index contributed by atoms with van der Waals surface area (Å²) in [7, 11) is 1.67. The predicted octanol–water partition coefficient (Wildman–Crippen LogP) is 2.82. The minimum absolute atomic E-state index is 0.134. The van der Waals surface area contributed by atoms with Gasteiger partial charge in [0.25, 0.3) is 5.91 Å². The van der Waals surface area contributed by atoms with Gasteiger partial charge < -0.3 is 19.5 Å². The van der Waals surface area contributed by atoms with E-state index in [1.165, 1.54) is 5.56 Å². The van der Waals surface area contributed by atoms with Crippen molar-refractivity contribution in [2.75, 3.05) is 26.8 Å². The third-order valence-corrected chi connectivity index (χ3v) is 5.34. The number of methoxy groups -OCH3 is 1. The van der Waals surface area contributed by atoms with Gasteiger partial charge in [-0.3, -0.25) is 9.89 Å². The number of para-hydroxylation sites is 1. The number of nitrogens with one attached hydrogen (secondary N) is 1. The number of aromatic amines is 1. The fraction of sp³-hybridized carbons (Fsp3) is 0.476. The van der Waals surface area contributed by atoms with E-state index >= 15 is 0 Å². The summed E-state index contributed by atoms with van der Waals surface area (Å²) < 4.78 is 42.8. The zero-order valence-electron chi connectivity index (χ0n) is 17.4. The van der Waals surface area contributed by atoms with E-state index in [1.54, 1.807) is 7.11 Å². The number of carboxylic acids is 1. The largest absolute Gasteiger partial charge is 0.496 e. The number of fused-ring (bicyclic) bond motifs is 1. The molecule has 2 aliphatic rings. The Kier molecular flexibility index (Phi) is 7.39. The summed E-state index contributed by atoms with van der Waals surface area (Å²) in [5, 5.41) is 14.8. The molecule has 1 saturated heterocycles. The van der Waals surface area contributed by atoms with Crippen molar-refractivity contribution in [3.63, 3.8) is 0 Å². The van der Waals surface area contributed by atoms with Crippen LogP contribution in [0.3, 0.4) is 0 Å². The molecule has 1 aromatic carbocycles. The molecule has 0 saturated carbocycles. The molecule has 4 rings (SSSR count). The van der Waals surface area contributed by atoms with Gasteiger partial charge in [-0.2, -0.15) is 18.3 Å². The second kappa shape index (κ2) is 10.0. The molecule has 0 bridgehead atoms. The van der Waals surface area contributed by atoms with E-state index in [9.17, 15) is 18.0 Å². The molecule has 0 unspecified atom stereocenters. The predicted molar refractivity (Wildman–Crippen MR) is 107 cm³/mol. The Balaban J connectivity index is 0.000000360. The van der Waals surface area contributed by atoms with Crippen LogP contribution in [-0.4, -0.2) is 71.2 Å². The van der Waals surface area contributed by atoms with Crippen LogP contribution in [0.5, 0.6) is 5.75 Å². The van der Waals surface area contributed by atoms with Gasteiger partial charge in [0.2, 0.25) is 0 Å². The van der Waals surface area contributed by atoms with Crippen molar-refractivity contribution in [1.29, 1.82) is 0 Å². The zero-order valence-corrected chi connectivity index (χ0v) is 17.4. The minimum atomic E-state index is -5.08. The Morgan fingerprint density at radius 1 is 1.25 bits per heavy atom. The lowest BCUT2D eigenvalue weighted by Crippen LogP contribution is -2.40. The molecule has 1 aromatic heterocycles. The number of carbonyl (C=O) groups is 2. The van der Waals surface area contributed by atoms with Crippen LogP contribution in [0.25, 0.3) is 11.3 Å². The summed E-state index contributed by atoms with van der Waals surface area (Å²) in [6, 6.07) is 7.91. The van der Waals surface area contributed by atoms with Crippen molar-refractivity contribution in [3.05, 3.63) is 35.5 Å². The van der Waals surface area contributed by atoms with Gasteiger partial charge in [-0.1, -0.05) is 12.1 Å². The maximum Gasteiger partial charge on any atom is 0.490 e. The standard InChI is InChI=1S/C19H23N3O3.C2HF3O2/c1-24-16-6-3-2-5-14(16)18-13-8-10-22(11-9-15(13)20-21-18)19(23)17-7-4-12-25-17;3-2(4,5)1(6)7/h2-3,5-6,17H,4,7-12H2,1H3,(H,20,21);(H,6,7)/t17-;/m1./s1. The van der Waals surface area contributed by atoms with E-state index in [2.05, 4.69) is 10.2 Å². The maximum atomic E-state index is 12.6. The van der Waals surface area contributed by atoms with E-state index in [4.69, 9.17) is 19.4 Å². The molecule has 32 heavy (non-hydrogen) atoms. The van der Waals surface area contributed by atoms with Gasteiger partial charge in [-0.25, -0.2) is 4.79 Å². The van der Waals surface area contributed by atoms with Crippen LogP contribution in [0.2, 0.25) is 0 Å². The monoisotopic (exact) mass is 455 g/mol. The van der Waals surface area contributed by atoms with Crippen molar-refractivity contribution >= 4 is 11.9 Å². The number of aromatic nitrogens is 2. The number of carbonyl (C=O) groups excluding carboxylic acids is 1. The summed E-state index contributed by atoms with van der Waals surface area (Å²) >= 11 is 0. The molecule has 0 radical (unpaired) electrons. The Labute approximate surface area is 182 Å². The highest BCUT2D eigenvalue weighted by Gasteiger charge is 2.38. The second-order valence-electron chi connectivity index (χ2n) is 7.36. The van der Waals surface area contributed by atoms with Gasteiger partial charge in [-0.15, -0.1) is 0 Å². The van der Waals surface area contributed by atoms with Gasteiger partial charge in [0.1, 0.15) is 11.9 Å². The van der Waals surface area contributed by atoms with Gasteiger partial charge >= 0.3 is 12.1 Å².